The third-order valence-corrected chi connectivity index (χ3v) is 4.92. The number of halogens is 1. The first kappa shape index (κ1) is 13.3. The van der Waals surface area contributed by atoms with Crippen LogP contribution >= 0.6 is 11.6 Å². The van der Waals surface area contributed by atoms with Crippen LogP contribution in [0.1, 0.15) is 26.3 Å². The summed E-state index contributed by atoms with van der Waals surface area (Å²) in [6.07, 6.45) is 2.88. The molecule has 1 spiro atoms. The van der Waals surface area contributed by atoms with E-state index < -0.39 is 0 Å². The van der Waals surface area contributed by atoms with E-state index in [2.05, 4.69) is 28.4 Å². The van der Waals surface area contributed by atoms with Crippen LogP contribution < -0.4 is 4.90 Å². The van der Waals surface area contributed by atoms with Crippen molar-refractivity contribution in [3.8, 4) is 0 Å². The van der Waals surface area contributed by atoms with Crippen LogP contribution in [0.25, 0.3) is 10.9 Å². The Morgan fingerprint density at radius 2 is 2.19 bits per heavy atom. The predicted octanol–water partition coefficient (Wildman–Crippen LogP) is 2.89. The standard InChI is InChI=1S/C15H19ClN4O/c1-3-10(2)20-12-4-13(16)17-5-11(12)14(18-20)19-6-15(7-19)8-21-9-15/h4-5,10H,3,6-9H2,1-2H3/t10-/m0/s1. The molecule has 4 heterocycles. The second-order valence-corrected chi connectivity index (χ2v) is 6.79. The van der Waals surface area contributed by atoms with Crippen LogP contribution in [0.2, 0.25) is 5.15 Å². The predicted molar refractivity (Wildman–Crippen MR) is 83.0 cm³/mol. The average molecular weight is 307 g/mol. The van der Waals surface area contributed by atoms with Crippen LogP contribution in [-0.2, 0) is 4.74 Å². The van der Waals surface area contributed by atoms with E-state index in [0.717, 1.165) is 49.4 Å². The van der Waals surface area contributed by atoms with Gasteiger partial charge in [-0.05, 0) is 13.3 Å². The summed E-state index contributed by atoms with van der Waals surface area (Å²) in [5, 5.41) is 6.46. The highest BCUT2D eigenvalue weighted by Crippen LogP contribution is 2.42. The van der Waals surface area contributed by atoms with Gasteiger partial charge in [-0.1, -0.05) is 18.5 Å². The van der Waals surface area contributed by atoms with Crippen molar-refractivity contribution in [3.63, 3.8) is 0 Å². The molecule has 0 aliphatic carbocycles. The maximum absolute atomic E-state index is 6.07. The molecule has 5 nitrogen and oxygen atoms in total. The van der Waals surface area contributed by atoms with Crippen molar-refractivity contribution in [2.24, 2.45) is 5.41 Å². The molecule has 0 amide bonds. The lowest BCUT2D eigenvalue weighted by Gasteiger charge is -2.55. The molecule has 2 aliphatic rings. The molecule has 0 unspecified atom stereocenters. The summed E-state index contributed by atoms with van der Waals surface area (Å²) in [5.41, 5.74) is 1.46. The van der Waals surface area contributed by atoms with Gasteiger partial charge < -0.3 is 9.64 Å². The van der Waals surface area contributed by atoms with Gasteiger partial charge in [-0.25, -0.2) is 4.98 Å². The summed E-state index contributed by atoms with van der Waals surface area (Å²) in [7, 11) is 0. The highest BCUT2D eigenvalue weighted by molar-refractivity contribution is 6.30. The fraction of sp³-hybridized carbons (Fsp3) is 0.600. The lowest BCUT2D eigenvalue weighted by molar-refractivity contribution is -0.127. The SMILES string of the molecule is CC[C@H](C)n1nc(N2CC3(COC3)C2)c2cnc(Cl)cc21. The number of ether oxygens (including phenoxy) is 1. The normalized spacial score (nSPS) is 21.4. The summed E-state index contributed by atoms with van der Waals surface area (Å²) in [6.45, 7) is 8.19. The highest BCUT2D eigenvalue weighted by Gasteiger charge is 2.50. The highest BCUT2D eigenvalue weighted by atomic mass is 35.5. The molecule has 0 bridgehead atoms. The molecule has 2 aliphatic heterocycles. The molecule has 2 fully saturated rings. The van der Waals surface area contributed by atoms with Crippen LogP contribution in [0.15, 0.2) is 12.3 Å². The maximum Gasteiger partial charge on any atom is 0.160 e. The van der Waals surface area contributed by atoms with Gasteiger partial charge in [-0.3, -0.25) is 4.68 Å². The molecule has 21 heavy (non-hydrogen) atoms. The third kappa shape index (κ3) is 1.94. The lowest BCUT2D eigenvalue weighted by Crippen LogP contribution is -2.66. The maximum atomic E-state index is 6.07. The third-order valence-electron chi connectivity index (χ3n) is 4.72. The Kier molecular flexibility index (Phi) is 2.91. The van der Waals surface area contributed by atoms with Crippen molar-refractivity contribution >= 4 is 28.3 Å². The molecular formula is C15H19ClN4O. The number of anilines is 1. The van der Waals surface area contributed by atoms with Crippen molar-refractivity contribution in [2.75, 3.05) is 31.2 Å². The largest absolute Gasteiger partial charge is 0.380 e. The van der Waals surface area contributed by atoms with Gasteiger partial charge in [0.2, 0.25) is 0 Å². The van der Waals surface area contributed by atoms with E-state index in [4.69, 9.17) is 21.4 Å². The van der Waals surface area contributed by atoms with E-state index in [1.807, 2.05) is 12.3 Å². The fourth-order valence-electron chi connectivity index (χ4n) is 3.22. The summed E-state index contributed by atoms with van der Waals surface area (Å²) in [5.74, 6) is 1.03. The molecule has 0 aromatic carbocycles. The van der Waals surface area contributed by atoms with Crippen molar-refractivity contribution in [1.82, 2.24) is 14.8 Å². The van der Waals surface area contributed by atoms with Crippen LogP contribution in [0, 0.1) is 5.41 Å². The number of pyridine rings is 1. The van der Waals surface area contributed by atoms with E-state index in [-0.39, 0.29) is 0 Å². The van der Waals surface area contributed by atoms with E-state index >= 15 is 0 Å². The molecule has 2 saturated heterocycles. The van der Waals surface area contributed by atoms with E-state index in [9.17, 15) is 0 Å². The van der Waals surface area contributed by atoms with Crippen LogP contribution in [0.3, 0.4) is 0 Å². The van der Waals surface area contributed by atoms with Gasteiger partial charge in [0.1, 0.15) is 5.15 Å². The Morgan fingerprint density at radius 3 is 2.81 bits per heavy atom. The zero-order chi connectivity index (χ0) is 14.6. The molecule has 1 atom stereocenters. The van der Waals surface area contributed by atoms with Crippen LogP contribution in [0.5, 0.6) is 0 Å². The van der Waals surface area contributed by atoms with Gasteiger partial charge in [0.25, 0.3) is 0 Å². The Hall–Kier alpha value is -1.33. The molecule has 2 aromatic heterocycles. The summed E-state index contributed by atoms with van der Waals surface area (Å²) in [4.78, 5) is 6.57. The first-order valence-electron chi connectivity index (χ1n) is 7.48. The minimum atomic E-state index is 0.349. The van der Waals surface area contributed by atoms with E-state index in [1.54, 1.807) is 0 Å². The van der Waals surface area contributed by atoms with E-state index in [0.29, 0.717) is 16.6 Å². The Morgan fingerprint density at radius 1 is 1.43 bits per heavy atom. The first-order chi connectivity index (χ1) is 10.1. The molecular weight excluding hydrogens is 288 g/mol. The van der Waals surface area contributed by atoms with Crippen molar-refractivity contribution in [2.45, 2.75) is 26.3 Å². The Bertz CT molecular complexity index is 686. The topological polar surface area (TPSA) is 43.2 Å². The van der Waals surface area contributed by atoms with Gasteiger partial charge in [0.15, 0.2) is 5.82 Å². The van der Waals surface area contributed by atoms with Crippen molar-refractivity contribution < 1.29 is 4.74 Å². The fourth-order valence-corrected chi connectivity index (χ4v) is 3.37. The zero-order valence-corrected chi connectivity index (χ0v) is 13.1. The number of nitrogens with zero attached hydrogens (tertiary/aromatic N) is 4. The second-order valence-electron chi connectivity index (χ2n) is 6.40. The Balaban J connectivity index is 1.75. The first-order valence-corrected chi connectivity index (χ1v) is 7.86. The van der Waals surface area contributed by atoms with Gasteiger partial charge in [-0.2, -0.15) is 5.10 Å². The van der Waals surface area contributed by atoms with Gasteiger partial charge in [0.05, 0.1) is 29.5 Å². The van der Waals surface area contributed by atoms with Crippen LogP contribution in [-0.4, -0.2) is 41.1 Å². The van der Waals surface area contributed by atoms with Crippen molar-refractivity contribution in [3.05, 3.63) is 17.4 Å². The number of fused-ring (bicyclic) bond motifs is 1. The number of rotatable bonds is 3. The number of aromatic nitrogens is 3. The van der Waals surface area contributed by atoms with Gasteiger partial charge in [-0.15, -0.1) is 0 Å². The number of hydrogen-bond donors (Lipinski definition) is 0. The van der Waals surface area contributed by atoms with Gasteiger partial charge >= 0.3 is 0 Å². The molecule has 112 valence electrons. The minimum absolute atomic E-state index is 0.349. The monoisotopic (exact) mass is 306 g/mol. The molecule has 0 N–H and O–H groups in total. The average Bonchev–Trinajstić information content (AvgIpc) is 2.73. The zero-order valence-electron chi connectivity index (χ0n) is 12.3. The summed E-state index contributed by atoms with van der Waals surface area (Å²) >= 11 is 6.07. The quantitative estimate of drug-likeness (QED) is 0.818. The molecule has 4 rings (SSSR count). The molecule has 0 radical (unpaired) electrons. The van der Waals surface area contributed by atoms with Crippen molar-refractivity contribution in [1.29, 1.82) is 0 Å². The molecule has 2 aromatic rings. The summed E-state index contributed by atoms with van der Waals surface area (Å²) in [6, 6.07) is 2.27. The van der Waals surface area contributed by atoms with E-state index in [1.165, 1.54) is 0 Å². The minimum Gasteiger partial charge on any atom is -0.380 e. The lowest BCUT2D eigenvalue weighted by atomic mass is 9.78. The molecule has 0 saturated carbocycles. The van der Waals surface area contributed by atoms with Crippen LogP contribution in [0.4, 0.5) is 5.82 Å². The smallest absolute Gasteiger partial charge is 0.160 e. The summed E-state index contributed by atoms with van der Waals surface area (Å²) < 4.78 is 7.43. The molecule has 6 heteroatoms. The van der Waals surface area contributed by atoms with Gasteiger partial charge in [0, 0.05) is 31.4 Å². The Labute approximate surface area is 128 Å². The number of hydrogen-bond acceptors (Lipinski definition) is 4. The second kappa shape index (κ2) is 4.58.